The highest BCUT2D eigenvalue weighted by Gasteiger charge is 2.08. The molecule has 0 atom stereocenters. The number of nitrogens with zero attached hydrogens (tertiary/aromatic N) is 1. The SMILES string of the molecule is CC.COC(C)C.O=CNCCN1CCOCC1. The second-order valence-electron chi connectivity index (χ2n) is 3.81. The lowest BCUT2D eigenvalue weighted by atomic mass is 10.4. The van der Waals surface area contributed by atoms with Gasteiger partial charge in [0.1, 0.15) is 0 Å². The van der Waals surface area contributed by atoms with Gasteiger partial charge in [0.2, 0.25) is 6.41 Å². The summed E-state index contributed by atoms with van der Waals surface area (Å²) in [5.74, 6) is 0. The Labute approximate surface area is 112 Å². The summed E-state index contributed by atoms with van der Waals surface area (Å²) in [5.41, 5.74) is 0. The van der Waals surface area contributed by atoms with Crippen LogP contribution >= 0.6 is 0 Å². The summed E-state index contributed by atoms with van der Waals surface area (Å²) in [6.45, 7) is 13.3. The molecule has 1 aliphatic heterocycles. The van der Waals surface area contributed by atoms with Gasteiger partial charge in [0.05, 0.1) is 19.3 Å². The summed E-state index contributed by atoms with van der Waals surface area (Å²) in [7, 11) is 1.70. The van der Waals surface area contributed by atoms with Crippen molar-refractivity contribution in [3.8, 4) is 0 Å². The van der Waals surface area contributed by atoms with Crippen LogP contribution in [0, 0.1) is 0 Å². The molecule has 1 heterocycles. The van der Waals surface area contributed by atoms with Gasteiger partial charge in [-0.3, -0.25) is 9.69 Å². The first kappa shape index (κ1) is 19.7. The second kappa shape index (κ2) is 16.4. The summed E-state index contributed by atoms with van der Waals surface area (Å²) in [6, 6.07) is 0. The van der Waals surface area contributed by atoms with E-state index in [9.17, 15) is 4.79 Å². The first-order valence-corrected chi connectivity index (χ1v) is 6.70. The van der Waals surface area contributed by atoms with Crippen molar-refractivity contribution in [1.29, 1.82) is 0 Å². The van der Waals surface area contributed by atoms with Crippen LogP contribution in [0.5, 0.6) is 0 Å². The van der Waals surface area contributed by atoms with Crippen molar-refractivity contribution in [2.45, 2.75) is 33.8 Å². The standard InChI is InChI=1S/C7H14N2O2.C4H10O.C2H6/c10-7-8-1-2-9-3-5-11-6-4-9;1-4(2)5-3;1-2/h7H,1-6H2,(H,8,10);4H,1-3H3;1-2H3. The smallest absolute Gasteiger partial charge is 0.207 e. The quantitative estimate of drug-likeness (QED) is 0.596. The topological polar surface area (TPSA) is 50.8 Å². The molecular formula is C13H30N2O3. The summed E-state index contributed by atoms with van der Waals surface area (Å²) < 4.78 is 9.92. The largest absolute Gasteiger partial charge is 0.382 e. The Morgan fingerprint density at radius 1 is 1.33 bits per heavy atom. The summed E-state index contributed by atoms with van der Waals surface area (Å²) in [5, 5.41) is 2.63. The van der Waals surface area contributed by atoms with Crippen LogP contribution in [0.25, 0.3) is 0 Å². The maximum atomic E-state index is 9.89. The Bertz CT molecular complexity index is 160. The summed E-state index contributed by atoms with van der Waals surface area (Å²) >= 11 is 0. The van der Waals surface area contributed by atoms with E-state index < -0.39 is 0 Å². The third-order valence-corrected chi connectivity index (χ3v) is 2.23. The average molecular weight is 262 g/mol. The van der Waals surface area contributed by atoms with Crippen molar-refractivity contribution < 1.29 is 14.3 Å². The van der Waals surface area contributed by atoms with Crippen LogP contribution in [-0.4, -0.2) is 63.9 Å². The molecule has 5 nitrogen and oxygen atoms in total. The van der Waals surface area contributed by atoms with Crippen molar-refractivity contribution in [2.75, 3.05) is 46.5 Å². The average Bonchev–Trinajstić information content (AvgIpc) is 2.43. The van der Waals surface area contributed by atoms with Gasteiger partial charge in [-0.25, -0.2) is 0 Å². The van der Waals surface area contributed by atoms with Crippen molar-refractivity contribution in [1.82, 2.24) is 10.2 Å². The zero-order valence-corrected chi connectivity index (χ0v) is 12.6. The number of hydrogen-bond acceptors (Lipinski definition) is 4. The molecule has 5 heteroatoms. The van der Waals surface area contributed by atoms with Crippen LogP contribution in [0.15, 0.2) is 0 Å². The number of rotatable bonds is 5. The van der Waals surface area contributed by atoms with E-state index >= 15 is 0 Å². The Kier molecular flexibility index (Phi) is 17.9. The molecule has 0 aromatic heterocycles. The first-order valence-electron chi connectivity index (χ1n) is 6.70. The van der Waals surface area contributed by atoms with Gasteiger partial charge in [-0.05, 0) is 13.8 Å². The molecule has 1 aliphatic rings. The number of morpholine rings is 1. The highest BCUT2D eigenvalue weighted by atomic mass is 16.5. The predicted molar refractivity (Wildman–Crippen MR) is 74.8 cm³/mol. The second-order valence-corrected chi connectivity index (χ2v) is 3.81. The number of methoxy groups -OCH3 is 1. The lowest BCUT2D eigenvalue weighted by Crippen LogP contribution is -2.40. The zero-order chi connectivity index (χ0) is 14.2. The van der Waals surface area contributed by atoms with E-state index in [1.54, 1.807) is 7.11 Å². The minimum Gasteiger partial charge on any atom is -0.382 e. The highest BCUT2D eigenvalue weighted by molar-refractivity contribution is 5.45. The monoisotopic (exact) mass is 262 g/mol. The molecule has 0 spiro atoms. The van der Waals surface area contributed by atoms with E-state index in [0.29, 0.717) is 6.10 Å². The van der Waals surface area contributed by atoms with Gasteiger partial charge in [-0.2, -0.15) is 0 Å². The molecule has 0 aromatic rings. The van der Waals surface area contributed by atoms with E-state index in [2.05, 4.69) is 10.2 Å². The van der Waals surface area contributed by atoms with Crippen molar-refractivity contribution >= 4 is 6.41 Å². The van der Waals surface area contributed by atoms with Gasteiger partial charge in [-0.15, -0.1) is 0 Å². The minimum atomic E-state index is 0.384. The third kappa shape index (κ3) is 15.4. The Morgan fingerprint density at radius 3 is 2.22 bits per heavy atom. The molecule has 0 radical (unpaired) electrons. The van der Waals surface area contributed by atoms with Gasteiger partial charge in [0.25, 0.3) is 0 Å². The first-order chi connectivity index (χ1) is 8.70. The number of hydrogen-bond donors (Lipinski definition) is 1. The number of carbonyl (C=O) groups excluding carboxylic acids is 1. The molecule has 1 amide bonds. The molecule has 0 saturated carbocycles. The molecule has 1 rings (SSSR count). The van der Waals surface area contributed by atoms with E-state index in [0.717, 1.165) is 45.8 Å². The lowest BCUT2D eigenvalue weighted by Gasteiger charge is -2.26. The fourth-order valence-electron chi connectivity index (χ4n) is 1.11. The highest BCUT2D eigenvalue weighted by Crippen LogP contribution is 1.94. The Morgan fingerprint density at radius 2 is 1.83 bits per heavy atom. The predicted octanol–water partition coefficient (Wildman–Crippen LogP) is 1.13. The van der Waals surface area contributed by atoms with Crippen LogP contribution in [0.2, 0.25) is 0 Å². The molecule has 110 valence electrons. The van der Waals surface area contributed by atoms with Gasteiger partial charge in [-0.1, -0.05) is 13.8 Å². The summed E-state index contributed by atoms with van der Waals surface area (Å²) in [4.78, 5) is 12.2. The van der Waals surface area contributed by atoms with Crippen molar-refractivity contribution in [3.05, 3.63) is 0 Å². The van der Waals surface area contributed by atoms with Crippen LogP contribution < -0.4 is 5.32 Å². The van der Waals surface area contributed by atoms with Crippen molar-refractivity contribution in [2.24, 2.45) is 0 Å². The number of carbonyl (C=O) groups is 1. The van der Waals surface area contributed by atoms with Gasteiger partial charge in [0.15, 0.2) is 0 Å². The van der Waals surface area contributed by atoms with E-state index in [-0.39, 0.29) is 0 Å². The molecule has 1 saturated heterocycles. The fraction of sp³-hybridized carbons (Fsp3) is 0.923. The van der Waals surface area contributed by atoms with Crippen LogP contribution in [-0.2, 0) is 14.3 Å². The summed E-state index contributed by atoms with van der Waals surface area (Å²) in [6.07, 6.45) is 1.12. The van der Waals surface area contributed by atoms with Crippen molar-refractivity contribution in [3.63, 3.8) is 0 Å². The van der Waals surface area contributed by atoms with Crippen LogP contribution in [0.3, 0.4) is 0 Å². The van der Waals surface area contributed by atoms with Crippen LogP contribution in [0.1, 0.15) is 27.7 Å². The number of amides is 1. The van der Waals surface area contributed by atoms with Gasteiger partial charge >= 0.3 is 0 Å². The Balaban J connectivity index is 0. The molecule has 0 aromatic carbocycles. The van der Waals surface area contributed by atoms with E-state index in [1.165, 1.54) is 0 Å². The molecule has 1 N–H and O–H groups in total. The number of nitrogens with one attached hydrogen (secondary N) is 1. The third-order valence-electron chi connectivity index (χ3n) is 2.23. The molecular weight excluding hydrogens is 232 g/mol. The zero-order valence-electron chi connectivity index (χ0n) is 12.6. The minimum absolute atomic E-state index is 0.384. The van der Waals surface area contributed by atoms with E-state index in [4.69, 9.17) is 9.47 Å². The molecule has 0 unspecified atom stereocenters. The van der Waals surface area contributed by atoms with Crippen LogP contribution in [0.4, 0.5) is 0 Å². The fourth-order valence-corrected chi connectivity index (χ4v) is 1.11. The normalized spacial score (nSPS) is 15.0. The van der Waals surface area contributed by atoms with Gasteiger partial charge in [0, 0.05) is 33.3 Å². The molecule has 0 aliphatic carbocycles. The Hall–Kier alpha value is -0.650. The maximum Gasteiger partial charge on any atom is 0.207 e. The lowest BCUT2D eigenvalue weighted by molar-refractivity contribution is -0.109. The van der Waals surface area contributed by atoms with Gasteiger partial charge < -0.3 is 14.8 Å². The maximum absolute atomic E-state index is 9.89. The van der Waals surface area contributed by atoms with E-state index in [1.807, 2.05) is 27.7 Å². The molecule has 0 bridgehead atoms. The molecule has 18 heavy (non-hydrogen) atoms. The number of ether oxygens (including phenoxy) is 2. The molecule has 1 fully saturated rings.